The molecule has 1 aliphatic heterocycles. The predicted molar refractivity (Wildman–Crippen MR) is 80.6 cm³/mol. The summed E-state index contributed by atoms with van der Waals surface area (Å²) < 4.78 is 1.19. The van der Waals surface area contributed by atoms with Crippen LogP contribution in [0.3, 0.4) is 0 Å². The van der Waals surface area contributed by atoms with E-state index in [0.717, 1.165) is 45.7 Å². The Morgan fingerprint density at radius 2 is 1.95 bits per heavy atom. The fourth-order valence-corrected chi connectivity index (χ4v) is 3.81. The Balaban J connectivity index is 1.66. The summed E-state index contributed by atoms with van der Waals surface area (Å²) in [5, 5.41) is 8.62. The first-order valence-corrected chi connectivity index (χ1v) is 8.15. The molecule has 0 unspecified atom stereocenters. The molecule has 6 heteroatoms. The molecule has 2 rings (SSSR count). The zero-order chi connectivity index (χ0) is 13.7. The number of carboxylic acid groups (broad SMARTS) is 1. The van der Waals surface area contributed by atoms with E-state index in [9.17, 15) is 4.79 Å². The fourth-order valence-electron chi connectivity index (χ4n) is 2.28. The molecule has 1 aromatic heterocycles. The van der Waals surface area contributed by atoms with Crippen molar-refractivity contribution < 1.29 is 9.90 Å². The number of carbonyl (C=O) groups is 1. The number of nitrogens with zero attached hydrogens (tertiary/aromatic N) is 2. The first kappa shape index (κ1) is 15.0. The second kappa shape index (κ2) is 7.38. The summed E-state index contributed by atoms with van der Waals surface area (Å²) in [7, 11) is 0. The molecule has 0 atom stereocenters. The van der Waals surface area contributed by atoms with E-state index in [0.29, 0.717) is 0 Å². The van der Waals surface area contributed by atoms with Crippen LogP contribution < -0.4 is 0 Å². The molecule has 1 saturated heterocycles. The van der Waals surface area contributed by atoms with Crippen molar-refractivity contribution >= 4 is 33.2 Å². The molecule has 0 bridgehead atoms. The van der Waals surface area contributed by atoms with Gasteiger partial charge in [0.2, 0.25) is 0 Å². The number of piperazine rings is 1. The van der Waals surface area contributed by atoms with Gasteiger partial charge in [-0.1, -0.05) is 0 Å². The van der Waals surface area contributed by atoms with Crippen LogP contribution in [0.2, 0.25) is 0 Å². The van der Waals surface area contributed by atoms with Crippen LogP contribution in [0.15, 0.2) is 15.9 Å². The van der Waals surface area contributed by atoms with Crippen molar-refractivity contribution in [2.24, 2.45) is 0 Å². The standard InChI is InChI=1S/C13H19BrN2O2S/c14-12-4-3-11(19-12)10-16-8-6-15(7-9-16)5-1-2-13(17)18/h3-4H,1-2,5-10H2,(H,17,18). The third kappa shape index (κ3) is 5.22. The van der Waals surface area contributed by atoms with Gasteiger partial charge in [-0.15, -0.1) is 11.3 Å². The highest BCUT2D eigenvalue weighted by Crippen LogP contribution is 2.23. The van der Waals surface area contributed by atoms with E-state index in [2.05, 4.69) is 37.9 Å². The Kier molecular flexibility index (Phi) is 5.81. The highest BCUT2D eigenvalue weighted by atomic mass is 79.9. The zero-order valence-corrected chi connectivity index (χ0v) is 13.3. The number of hydrogen-bond acceptors (Lipinski definition) is 4. The van der Waals surface area contributed by atoms with Gasteiger partial charge in [0.25, 0.3) is 0 Å². The number of carboxylic acids is 1. The third-order valence-corrected chi connectivity index (χ3v) is 4.95. The van der Waals surface area contributed by atoms with Gasteiger partial charge in [-0.05, 0) is 41.0 Å². The van der Waals surface area contributed by atoms with Crippen LogP contribution in [0.4, 0.5) is 0 Å². The van der Waals surface area contributed by atoms with Crippen LogP contribution in [-0.4, -0.2) is 53.6 Å². The lowest BCUT2D eigenvalue weighted by Gasteiger charge is -2.34. The normalized spacial score (nSPS) is 17.7. The number of rotatable bonds is 6. The molecule has 0 amide bonds. The van der Waals surface area contributed by atoms with E-state index in [1.165, 1.54) is 8.66 Å². The molecule has 0 spiro atoms. The summed E-state index contributed by atoms with van der Waals surface area (Å²) in [5.41, 5.74) is 0. The van der Waals surface area contributed by atoms with Gasteiger partial charge in [-0.2, -0.15) is 0 Å². The maximum atomic E-state index is 10.5. The Morgan fingerprint density at radius 3 is 2.53 bits per heavy atom. The second-order valence-electron chi connectivity index (χ2n) is 4.82. The first-order valence-electron chi connectivity index (χ1n) is 6.54. The van der Waals surface area contributed by atoms with Gasteiger partial charge in [0, 0.05) is 44.0 Å². The molecule has 0 aliphatic carbocycles. The number of halogens is 1. The lowest BCUT2D eigenvalue weighted by molar-refractivity contribution is -0.137. The average molecular weight is 347 g/mol. The monoisotopic (exact) mass is 346 g/mol. The summed E-state index contributed by atoms with van der Waals surface area (Å²) in [5.74, 6) is -0.693. The Morgan fingerprint density at radius 1 is 1.26 bits per heavy atom. The molecule has 0 aromatic carbocycles. The Labute approximate surface area is 126 Å². The van der Waals surface area contributed by atoms with E-state index in [1.807, 2.05) is 0 Å². The summed E-state index contributed by atoms with van der Waals surface area (Å²) in [6.45, 7) is 6.17. The topological polar surface area (TPSA) is 43.8 Å². The van der Waals surface area contributed by atoms with Crippen molar-refractivity contribution in [3.8, 4) is 0 Å². The lowest BCUT2D eigenvalue weighted by atomic mass is 10.2. The molecule has 1 aromatic rings. The van der Waals surface area contributed by atoms with E-state index >= 15 is 0 Å². The largest absolute Gasteiger partial charge is 0.481 e. The summed E-state index contributed by atoms with van der Waals surface area (Å²) >= 11 is 5.29. The fraction of sp³-hybridized carbons (Fsp3) is 0.615. The van der Waals surface area contributed by atoms with Crippen molar-refractivity contribution in [2.45, 2.75) is 19.4 Å². The molecule has 19 heavy (non-hydrogen) atoms. The molecule has 1 aliphatic rings. The Hall–Kier alpha value is -0.430. The summed E-state index contributed by atoms with van der Waals surface area (Å²) in [6, 6.07) is 4.27. The molecule has 4 nitrogen and oxygen atoms in total. The highest BCUT2D eigenvalue weighted by molar-refractivity contribution is 9.11. The zero-order valence-electron chi connectivity index (χ0n) is 10.8. The van der Waals surface area contributed by atoms with Crippen LogP contribution >= 0.6 is 27.3 Å². The van der Waals surface area contributed by atoms with Crippen LogP contribution in [0.1, 0.15) is 17.7 Å². The van der Waals surface area contributed by atoms with Crippen molar-refractivity contribution in [3.63, 3.8) is 0 Å². The highest BCUT2D eigenvalue weighted by Gasteiger charge is 2.17. The van der Waals surface area contributed by atoms with Crippen LogP contribution in [-0.2, 0) is 11.3 Å². The van der Waals surface area contributed by atoms with Gasteiger partial charge in [-0.3, -0.25) is 9.69 Å². The van der Waals surface area contributed by atoms with Crippen molar-refractivity contribution in [1.29, 1.82) is 0 Å². The first-order chi connectivity index (χ1) is 9.13. The minimum Gasteiger partial charge on any atom is -0.481 e. The smallest absolute Gasteiger partial charge is 0.303 e. The van der Waals surface area contributed by atoms with Crippen LogP contribution in [0, 0.1) is 0 Å². The minimum absolute atomic E-state index is 0.281. The summed E-state index contributed by atoms with van der Waals surface area (Å²) in [6.07, 6.45) is 1.04. The molecular formula is C13H19BrN2O2S. The molecular weight excluding hydrogens is 328 g/mol. The molecule has 0 radical (unpaired) electrons. The SMILES string of the molecule is O=C(O)CCCN1CCN(Cc2ccc(Br)s2)CC1. The lowest BCUT2D eigenvalue weighted by Crippen LogP contribution is -2.46. The quantitative estimate of drug-likeness (QED) is 0.859. The van der Waals surface area contributed by atoms with Crippen LogP contribution in [0.25, 0.3) is 0 Å². The number of hydrogen-bond donors (Lipinski definition) is 1. The van der Waals surface area contributed by atoms with Crippen molar-refractivity contribution in [2.75, 3.05) is 32.7 Å². The molecule has 0 saturated carbocycles. The van der Waals surface area contributed by atoms with E-state index < -0.39 is 5.97 Å². The minimum atomic E-state index is -0.693. The van der Waals surface area contributed by atoms with Crippen molar-refractivity contribution in [3.05, 3.63) is 20.8 Å². The van der Waals surface area contributed by atoms with Gasteiger partial charge in [0.05, 0.1) is 3.79 Å². The second-order valence-corrected chi connectivity index (χ2v) is 7.37. The maximum absolute atomic E-state index is 10.5. The number of aliphatic carboxylic acids is 1. The van der Waals surface area contributed by atoms with Gasteiger partial charge in [0.15, 0.2) is 0 Å². The predicted octanol–water partition coefficient (Wildman–Crippen LogP) is 2.49. The third-order valence-electron chi connectivity index (χ3n) is 3.34. The van der Waals surface area contributed by atoms with E-state index in [-0.39, 0.29) is 6.42 Å². The van der Waals surface area contributed by atoms with E-state index in [4.69, 9.17) is 5.11 Å². The van der Waals surface area contributed by atoms with Gasteiger partial charge in [0.1, 0.15) is 0 Å². The van der Waals surface area contributed by atoms with Gasteiger partial charge < -0.3 is 10.0 Å². The van der Waals surface area contributed by atoms with Gasteiger partial charge >= 0.3 is 5.97 Å². The molecule has 2 heterocycles. The summed E-state index contributed by atoms with van der Waals surface area (Å²) in [4.78, 5) is 16.7. The van der Waals surface area contributed by atoms with E-state index in [1.54, 1.807) is 11.3 Å². The maximum Gasteiger partial charge on any atom is 0.303 e. The molecule has 1 N–H and O–H groups in total. The molecule has 1 fully saturated rings. The molecule has 106 valence electrons. The Bertz CT molecular complexity index is 417. The van der Waals surface area contributed by atoms with Crippen molar-refractivity contribution in [1.82, 2.24) is 9.80 Å². The van der Waals surface area contributed by atoms with Crippen LogP contribution in [0.5, 0.6) is 0 Å². The number of thiophene rings is 1. The van der Waals surface area contributed by atoms with Gasteiger partial charge in [-0.25, -0.2) is 0 Å². The average Bonchev–Trinajstić information content (AvgIpc) is 2.77.